The van der Waals surface area contributed by atoms with Crippen molar-refractivity contribution in [3.8, 4) is 0 Å². The molecule has 0 saturated carbocycles. The second kappa shape index (κ2) is 14.0. The smallest absolute Gasteiger partial charge is 0.130 e. The minimum Gasteiger partial charge on any atom is -0.371 e. The van der Waals surface area contributed by atoms with E-state index in [4.69, 9.17) is 12.2 Å². The van der Waals surface area contributed by atoms with Crippen LogP contribution in [0.2, 0.25) is 0 Å². The Morgan fingerprint density at radius 2 is 1.31 bits per heavy atom. The molecule has 0 rings (SSSR count). The van der Waals surface area contributed by atoms with Crippen LogP contribution in [0.4, 0.5) is 0 Å². The Hall–Kier alpha value is 0.970. The standard InChI is InChI=1S/C12H24INS2/c13-10-8-6-4-2-1-3-5-7-9-11-14-12(15)16/h1-11H2,(H2,14,15,16). The van der Waals surface area contributed by atoms with E-state index in [1.807, 2.05) is 0 Å². The number of halogens is 1. The third-order valence-corrected chi connectivity index (χ3v) is 3.65. The Morgan fingerprint density at radius 3 is 1.75 bits per heavy atom. The molecule has 0 spiro atoms. The van der Waals surface area contributed by atoms with Crippen molar-refractivity contribution in [3.05, 3.63) is 0 Å². The highest BCUT2D eigenvalue weighted by atomic mass is 127. The first-order chi connectivity index (χ1) is 7.77. The van der Waals surface area contributed by atoms with E-state index in [1.54, 1.807) is 0 Å². The summed E-state index contributed by atoms with van der Waals surface area (Å²) in [4.78, 5) is 0. The Balaban J connectivity index is 2.90. The van der Waals surface area contributed by atoms with Gasteiger partial charge in [0.1, 0.15) is 4.32 Å². The van der Waals surface area contributed by atoms with Crippen molar-refractivity contribution in [1.29, 1.82) is 0 Å². The van der Waals surface area contributed by atoms with Crippen LogP contribution in [0.1, 0.15) is 57.8 Å². The molecule has 0 aliphatic carbocycles. The number of rotatable bonds is 11. The van der Waals surface area contributed by atoms with Gasteiger partial charge in [-0.25, -0.2) is 0 Å². The van der Waals surface area contributed by atoms with Gasteiger partial charge >= 0.3 is 0 Å². The molecule has 16 heavy (non-hydrogen) atoms. The van der Waals surface area contributed by atoms with E-state index in [0.29, 0.717) is 4.32 Å². The second-order valence-electron chi connectivity index (χ2n) is 4.10. The lowest BCUT2D eigenvalue weighted by atomic mass is 10.1. The van der Waals surface area contributed by atoms with E-state index in [9.17, 15) is 0 Å². The van der Waals surface area contributed by atoms with Crippen molar-refractivity contribution in [1.82, 2.24) is 5.32 Å². The summed E-state index contributed by atoms with van der Waals surface area (Å²) in [5.41, 5.74) is 0. The zero-order valence-electron chi connectivity index (χ0n) is 10.0. The fourth-order valence-electron chi connectivity index (χ4n) is 1.65. The van der Waals surface area contributed by atoms with Crippen molar-refractivity contribution in [3.63, 3.8) is 0 Å². The van der Waals surface area contributed by atoms with Gasteiger partial charge in [-0.15, -0.1) is 12.6 Å². The SMILES string of the molecule is S=C(S)NCCCCCCCCCCCI. The van der Waals surface area contributed by atoms with Gasteiger partial charge in [0.25, 0.3) is 0 Å². The zero-order chi connectivity index (χ0) is 12.1. The molecular weight excluding hydrogens is 349 g/mol. The van der Waals surface area contributed by atoms with Crippen molar-refractivity contribution < 1.29 is 0 Å². The number of nitrogens with one attached hydrogen (secondary N) is 1. The lowest BCUT2D eigenvalue weighted by molar-refractivity contribution is 0.565. The van der Waals surface area contributed by atoms with Gasteiger partial charge in [-0.05, 0) is 17.3 Å². The number of hydrogen-bond acceptors (Lipinski definition) is 1. The van der Waals surface area contributed by atoms with E-state index in [0.717, 1.165) is 6.54 Å². The third-order valence-electron chi connectivity index (χ3n) is 2.59. The average Bonchev–Trinajstić information content (AvgIpc) is 2.25. The van der Waals surface area contributed by atoms with Gasteiger partial charge in [0.05, 0.1) is 0 Å². The molecule has 0 radical (unpaired) electrons. The van der Waals surface area contributed by atoms with Gasteiger partial charge in [-0.2, -0.15) is 0 Å². The molecule has 0 aromatic carbocycles. The van der Waals surface area contributed by atoms with Crippen LogP contribution in [0.5, 0.6) is 0 Å². The molecule has 0 fully saturated rings. The minimum absolute atomic E-state index is 0.621. The number of unbranched alkanes of at least 4 members (excludes halogenated alkanes) is 8. The maximum atomic E-state index is 4.82. The number of thiol groups is 1. The summed E-state index contributed by atoms with van der Waals surface area (Å²) in [7, 11) is 0. The lowest BCUT2D eigenvalue weighted by Gasteiger charge is -2.03. The predicted octanol–water partition coefficient (Wildman–Crippen LogP) is 4.74. The van der Waals surface area contributed by atoms with Crippen LogP contribution in [0.25, 0.3) is 0 Å². The average molecular weight is 373 g/mol. The quantitative estimate of drug-likeness (QED) is 0.178. The first-order valence-electron chi connectivity index (χ1n) is 6.30. The molecule has 0 saturated heterocycles. The fourth-order valence-corrected chi connectivity index (χ4v) is 2.41. The highest BCUT2D eigenvalue weighted by Gasteiger charge is 1.93. The monoisotopic (exact) mass is 373 g/mol. The Morgan fingerprint density at radius 1 is 0.875 bits per heavy atom. The highest BCUT2D eigenvalue weighted by Crippen LogP contribution is 2.10. The third kappa shape index (κ3) is 15.0. The molecule has 1 nitrogen and oxygen atoms in total. The molecule has 0 aromatic heterocycles. The van der Waals surface area contributed by atoms with Crippen LogP contribution in [-0.2, 0) is 0 Å². The molecule has 1 N–H and O–H groups in total. The Labute approximate surface area is 125 Å². The van der Waals surface area contributed by atoms with E-state index >= 15 is 0 Å². The summed E-state index contributed by atoms with van der Waals surface area (Å²) >= 11 is 11.3. The van der Waals surface area contributed by atoms with Crippen LogP contribution in [0, 0.1) is 0 Å². The first-order valence-corrected chi connectivity index (χ1v) is 8.68. The normalized spacial score (nSPS) is 10.4. The van der Waals surface area contributed by atoms with Gasteiger partial charge in [-0.1, -0.05) is 79.8 Å². The molecule has 0 aliphatic rings. The summed E-state index contributed by atoms with van der Waals surface area (Å²) in [6, 6.07) is 0. The van der Waals surface area contributed by atoms with E-state index in [-0.39, 0.29) is 0 Å². The Bertz CT molecular complexity index is 165. The van der Waals surface area contributed by atoms with E-state index < -0.39 is 0 Å². The van der Waals surface area contributed by atoms with Gasteiger partial charge in [0.15, 0.2) is 0 Å². The largest absolute Gasteiger partial charge is 0.371 e. The molecule has 96 valence electrons. The summed E-state index contributed by atoms with van der Waals surface area (Å²) in [5.74, 6) is 0. The number of thiocarbonyl (C=S) groups is 1. The van der Waals surface area contributed by atoms with Crippen molar-refractivity contribution >= 4 is 51.8 Å². The molecule has 4 heteroatoms. The van der Waals surface area contributed by atoms with Crippen molar-refractivity contribution in [2.75, 3.05) is 11.0 Å². The van der Waals surface area contributed by atoms with Gasteiger partial charge < -0.3 is 5.32 Å². The molecule has 0 unspecified atom stereocenters. The summed E-state index contributed by atoms with van der Waals surface area (Å²) in [6.45, 7) is 0.984. The molecule has 0 bridgehead atoms. The molecule has 0 atom stereocenters. The van der Waals surface area contributed by atoms with E-state index in [2.05, 4.69) is 40.5 Å². The van der Waals surface area contributed by atoms with Crippen molar-refractivity contribution in [2.45, 2.75) is 57.8 Å². The molecule has 0 amide bonds. The van der Waals surface area contributed by atoms with Gasteiger partial charge in [0, 0.05) is 6.54 Å². The number of hydrogen-bond donors (Lipinski definition) is 2. The predicted molar refractivity (Wildman–Crippen MR) is 90.0 cm³/mol. The maximum Gasteiger partial charge on any atom is 0.130 e. The maximum absolute atomic E-state index is 4.82. The van der Waals surface area contributed by atoms with Crippen LogP contribution < -0.4 is 5.32 Å². The molecular formula is C12H24INS2. The first kappa shape index (κ1) is 17.0. The van der Waals surface area contributed by atoms with Crippen LogP contribution in [0.15, 0.2) is 0 Å². The van der Waals surface area contributed by atoms with Crippen LogP contribution >= 0.6 is 47.4 Å². The van der Waals surface area contributed by atoms with E-state index in [1.165, 1.54) is 62.2 Å². The van der Waals surface area contributed by atoms with Gasteiger partial charge in [0.2, 0.25) is 0 Å². The number of alkyl halides is 1. The van der Waals surface area contributed by atoms with Crippen LogP contribution in [-0.4, -0.2) is 15.3 Å². The van der Waals surface area contributed by atoms with Gasteiger partial charge in [-0.3, -0.25) is 0 Å². The summed E-state index contributed by atoms with van der Waals surface area (Å²) < 4.78 is 1.94. The topological polar surface area (TPSA) is 12.0 Å². The minimum atomic E-state index is 0.621. The molecule has 0 aliphatic heterocycles. The molecule has 0 aromatic rings. The lowest BCUT2D eigenvalue weighted by Crippen LogP contribution is -2.17. The fraction of sp³-hybridized carbons (Fsp3) is 0.917. The summed E-state index contributed by atoms with van der Waals surface area (Å²) in [5, 5.41) is 3.07. The summed E-state index contributed by atoms with van der Waals surface area (Å²) in [6.07, 6.45) is 12.4. The Kier molecular flexibility index (Phi) is 14.9. The molecule has 0 heterocycles. The van der Waals surface area contributed by atoms with Crippen molar-refractivity contribution in [2.24, 2.45) is 0 Å². The van der Waals surface area contributed by atoms with Crippen LogP contribution in [0.3, 0.4) is 0 Å². The zero-order valence-corrected chi connectivity index (χ0v) is 13.9. The highest BCUT2D eigenvalue weighted by molar-refractivity contribution is 14.1. The second-order valence-corrected chi connectivity index (χ2v) is 6.34.